The molecule has 2 unspecified atom stereocenters. The lowest BCUT2D eigenvalue weighted by molar-refractivity contribution is -0.121. The number of morpholine rings is 1. The maximum Gasteiger partial charge on any atom is 0.404 e. The lowest BCUT2D eigenvalue weighted by atomic mass is 9.48. The van der Waals surface area contributed by atoms with Crippen molar-refractivity contribution >= 4 is 29.9 Å². The number of rotatable bonds is 9. The van der Waals surface area contributed by atoms with Crippen molar-refractivity contribution in [3.63, 3.8) is 0 Å². The summed E-state index contributed by atoms with van der Waals surface area (Å²) in [5.41, 5.74) is 5.22. The third-order valence-electron chi connectivity index (χ3n) is 8.96. The van der Waals surface area contributed by atoms with Gasteiger partial charge in [0.1, 0.15) is 11.4 Å². The average molecular weight is 543 g/mol. The molecule has 39 heavy (non-hydrogen) atoms. The minimum atomic E-state index is -0.714. The van der Waals surface area contributed by atoms with Gasteiger partial charge in [-0.05, 0) is 69.8 Å². The van der Waals surface area contributed by atoms with E-state index in [1.54, 1.807) is 10.9 Å². The zero-order valence-electron chi connectivity index (χ0n) is 23.3. The molecule has 11 heteroatoms. The van der Waals surface area contributed by atoms with Gasteiger partial charge >= 0.3 is 6.09 Å². The quantitative estimate of drug-likeness (QED) is 0.435. The van der Waals surface area contributed by atoms with E-state index in [-0.39, 0.29) is 23.3 Å². The number of carbonyl (C=O) groups excluding carboxylic acids is 3. The van der Waals surface area contributed by atoms with Crippen molar-refractivity contribution in [3.05, 3.63) is 17.8 Å². The first-order chi connectivity index (χ1) is 18.6. The molecule has 214 valence electrons. The molecule has 2 atom stereocenters. The van der Waals surface area contributed by atoms with Crippen LogP contribution in [0.3, 0.4) is 0 Å². The predicted molar refractivity (Wildman–Crippen MR) is 146 cm³/mol. The van der Waals surface area contributed by atoms with Crippen LogP contribution in [0.15, 0.2) is 12.3 Å². The number of nitrogens with two attached hydrogens (primary N) is 1. The summed E-state index contributed by atoms with van der Waals surface area (Å²) in [4.78, 5) is 39.2. The van der Waals surface area contributed by atoms with Gasteiger partial charge in [0.2, 0.25) is 5.91 Å². The van der Waals surface area contributed by atoms with E-state index >= 15 is 0 Å². The van der Waals surface area contributed by atoms with Crippen molar-refractivity contribution in [2.24, 2.45) is 28.9 Å². The number of carbonyl (C=O) groups is 3. The summed E-state index contributed by atoms with van der Waals surface area (Å²) in [5.74, 6) is 1.93. The molecular weight excluding hydrogens is 500 g/mol. The smallest absolute Gasteiger partial charge is 0.404 e. The highest BCUT2D eigenvalue weighted by Gasteiger charge is 2.56. The second-order valence-electron chi connectivity index (χ2n) is 12.4. The maximum absolute atomic E-state index is 13.8. The number of aromatic nitrogens is 2. The minimum absolute atomic E-state index is 0.0125. The van der Waals surface area contributed by atoms with E-state index in [0.717, 1.165) is 37.9 Å². The fourth-order valence-corrected chi connectivity index (χ4v) is 7.52. The minimum Gasteiger partial charge on any atom is -0.449 e. The fraction of sp³-hybridized carbons (Fsp3) is 0.714. The average Bonchev–Trinajstić information content (AvgIpc) is 3.32. The standard InChI is InChI=1S/C28H42N6O5/c1-4-22(35)32-27(2,3)5-6-34-25(33-7-9-38-10-8-33)21(16-30-34)24(36)31-23-19-11-18-12-20(23)15-28(13-18,14-19)17-39-26(29)37/h5-6,16,18-20,23H,4,7-15,17H2,1-3H3,(H2,29,37)(H,31,36)(H,32,35)/b6-5+. The molecule has 0 aromatic carbocycles. The van der Waals surface area contributed by atoms with Crippen LogP contribution in [0.4, 0.5) is 10.6 Å². The van der Waals surface area contributed by atoms with Crippen LogP contribution in [0.25, 0.3) is 6.20 Å². The highest BCUT2D eigenvalue weighted by molar-refractivity contribution is 5.99. The molecule has 1 aliphatic heterocycles. The number of ether oxygens (including phenoxy) is 2. The van der Waals surface area contributed by atoms with E-state index in [2.05, 4.69) is 20.6 Å². The summed E-state index contributed by atoms with van der Waals surface area (Å²) in [5, 5.41) is 11.0. The third-order valence-corrected chi connectivity index (χ3v) is 8.96. The van der Waals surface area contributed by atoms with Gasteiger partial charge in [0.05, 0.1) is 31.6 Å². The second-order valence-corrected chi connectivity index (χ2v) is 12.4. The molecule has 5 aliphatic rings. The van der Waals surface area contributed by atoms with Crippen LogP contribution in [0.1, 0.15) is 69.7 Å². The summed E-state index contributed by atoms with van der Waals surface area (Å²) in [6.45, 7) is 8.54. The van der Waals surface area contributed by atoms with E-state index in [0.29, 0.717) is 62.6 Å². The Bertz CT molecular complexity index is 1110. The van der Waals surface area contributed by atoms with Gasteiger partial charge in [-0.1, -0.05) is 6.92 Å². The van der Waals surface area contributed by atoms with E-state index in [1.165, 1.54) is 0 Å². The van der Waals surface area contributed by atoms with Crippen LogP contribution in [-0.2, 0) is 14.3 Å². The lowest BCUT2D eigenvalue weighted by Crippen LogP contribution is -2.60. The topological polar surface area (TPSA) is 141 Å². The molecule has 0 spiro atoms. The molecule has 6 rings (SSSR count). The Hall–Kier alpha value is -3.08. The first-order valence-corrected chi connectivity index (χ1v) is 14.2. The summed E-state index contributed by atoms with van der Waals surface area (Å²) in [7, 11) is 0. The molecule has 1 saturated heterocycles. The Kier molecular flexibility index (Phi) is 7.63. The Morgan fingerprint density at radius 3 is 2.54 bits per heavy atom. The highest BCUT2D eigenvalue weighted by atomic mass is 16.5. The molecular formula is C28H42N6O5. The van der Waals surface area contributed by atoms with Crippen LogP contribution in [0.5, 0.6) is 0 Å². The molecule has 3 amide bonds. The zero-order chi connectivity index (χ0) is 27.8. The number of primary amides is 1. The monoisotopic (exact) mass is 542 g/mol. The molecule has 4 bridgehead atoms. The maximum atomic E-state index is 13.8. The molecule has 4 N–H and O–H groups in total. The number of nitrogens with one attached hydrogen (secondary N) is 2. The summed E-state index contributed by atoms with van der Waals surface area (Å²) < 4.78 is 12.6. The van der Waals surface area contributed by atoms with Gasteiger partial charge in [-0.2, -0.15) is 5.10 Å². The number of amides is 3. The highest BCUT2D eigenvalue weighted by Crippen LogP contribution is 2.60. The Morgan fingerprint density at radius 2 is 1.90 bits per heavy atom. The van der Waals surface area contributed by atoms with Crippen molar-refractivity contribution in [2.45, 2.75) is 70.9 Å². The van der Waals surface area contributed by atoms with Crippen LogP contribution in [-0.4, -0.2) is 72.2 Å². The predicted octanol–water partition coefficient (Wildman–Crippen LogP) is 2.52. The van der Waals surface area contributed by atoms with Crippen molar-refractivity contribution in [1.29, 1.82) is 0 Å². The Balaban J connectivity index is 1.35. The lowest BCUT2D eigenvalue weighted by Gasteiger charge is -2.59. The van der Waals surface area contributed by atoms with E-state index in [1.807, 2.05) is 33.0 Å². The molecule has 5 fully saturated rings. The van der Waals surface area contributed by atoms with Gasteiger partial charge in [-0.15, -0.1) is 0 Å². The van der Waals surface area contributed by atoms with Gasteiger partial charge in [-0.3, -0.25) is 9.59 Å². The SMILES string of the molecule is CCC(=O)NC(C)(C)/C=C/n1ncc(C(=O)NC2C3CC4CC2CC(COC(N)=O)(C4)C3)c1N1CCOCC1. The second kappa shape index (κ2) is 10.8. The van der Waals surface area contributed by atoms with Crippen molar-refractivity contribution < 1.29 is 23.9 Å². The van der Waals surface area contributed by atoms with Crippen molar-refractivity contribution in [1.82, 2.24) is 20.4 Å². The van der Waals surface area contributed by atoms with Crippen LogP contribution < -0.4 is 21.3 Å². The number of nitrogens with zero attached hydrogens (tertiary/aromatic N) is 3. The Morgan fingerprint density at radius 1 is 1.21 bits per heavy atom. The first kappa shape index (κ1) is 27.5. The molecule has 4 saturated carbocycles. The number of hydrogen-bond donors (Lipinski definition) is 3. The molecule has 1 aromatic rings. The normalized spacial score (nSPS) is 30.0. The largest absolute Gasteiger partial charge is 0.449 e. The third kappa shape index (κ3) is 5.92. The molecule has 4 aliphatic carbocycles. The first-order valence-electron chi connectivity index (χ1n) is 14.2. The molecule has 1 aromatic heterocycles. The summed E-state index contributed by atoms with van der Waals surface area (Å²) in [6, 6.07) is 0.0929. The van der Waals surface area contributed by atoms with Gasteiger partial charge in [-0.25, -0.2) is 9.48 Å². The Labute approximate surface area is 229 Å². The molecule has 2 heterocycles. The van der Waals surface area contributed by atoms with E-state index in [4.69, 9.17) is 15.2 Å². The fourth-order valence-electron chi connectivity index (χ4n) is 7.52. The number of anilines is 1. The number of hydrogen-bond acceptors (Lipinski definition) is 7. The van der Waals surface area contributed by atoms with Crippen LogP contribution in [0, 0.1) is 23.2 Å². The van der Waals surface area contributed by atoms with Gasteiger partial charge < -0.3 is 30.7 Å². The van der Waals surface area contributed by atoms with E-state index in [9.17, 15) is 14.4 Å². The van der Waals surface area contributed by atoms with Gasteiger partial charge in [0.15, 0.2) is 0 Å². The zero-order valence-corrected chi connectivity index (χ0v) is 23.3. The van der Waals surface area contributed by atoms with Gasteiger partial charge in [0, 0.05) is 37.2 Å². The summed E-state index contributed by atoms with van der Waals surface area (Å²) in [6.07, 6.45) is 10.2. The summed E-state index contributed by atoms with van der Waals surface area (Å²) >= 11 is 0. The van der Waals surface area contributed by atoms with E-state index < -0.39 is 11.6 Å². The van der Waals surface area contributed by atoms with Crippen molar-refractivity contribution in [2.75, 3.05) is 37.8 Å². The van der Waals surface area contributed by atoms with Crippen LogP contribution >= 0.6 is 0 Å². The molecule has 11 nitrogen and oxygen atoms in total. The molecule has 0 radical (unpaired) electrons. The van der Waals surface area contributed by atoms with Gasteiger partial charge in [0.25, 0.3) is 5.91 Å². The van der Waals surface area contributed by atoms with Crippen molar-refractivity contribution in [3.8, 4) is 0 Å². The van der Waals surface area contributed by atoms with Crippen LogP contribution in [0.2, 0.25) is 0 Å².